The van der Waals surface area contributed by atoms with Crippen molar-refractivity contribution >= 4 is 15.7 Å². The zero-order valence-electron chi connectivity index (χ0n) is 20.8. The number of sulfone groups is 1. The Morgan fingerprint density at radius 2 is 1.78 bits per heavy atom. The van der Waals surface area contributed by atoms with Crippen LogP contribution in [0.5, 0.6) is 5.75 Å². The molecule has 9 heteroatoms. The minimum absolute atomic E-state index is 0.0455. The average Bonchev–Trinajstić information content (AvgIpc) is 3.40. The van der Waals surface area contributed by atoms with Crippen molar-refractivity contribution in [3.8, 4) is 17.1 Å². The standard InChI is InChI=1S/C27H33N3O5S/c1-3-17-36(32,33)23-13-9-21(10-14-23)26-18-24(29-35-26)27(31)28-19-25(30-15-5-4-6-16-30)20-7-11-22(34-2)12-8-20/h7-14,18,25H,3-6,15-17,19H2,1-2H3,(H,28,31). The van der Waals surface area contributed by atoms with Gasteiger partial charge in [-0.2, -0.15) is 0 Å². The molecule has 8 nitrogen and oxygen atoms in total. The maximum absolute atomic E-state index is 12.9. The van der Waals surface area contributed by atoms with Crippen LogP contribution in [0.1, 0.15) is 54.7 Å². The minimum Gasteiger partial charge on any atom is -0.497 e. The molecular weight excluding hydrogens is 478 g/mol. The van der Waals surface area contributed by atoms with Crippen LogP contribution in [-0.2, 0) is 9.84 Å². The number of carbonyl (C=O) groups excluding carboxylic acids is 1. The Bertz CT molecular complexity index is 1250. The smallest absolute Gasteiger partial charge is 0.273 e. The first kappa shape index (κ1) is 25.9. The second kappa shape index (κ2) is 11.7. The van der Waals surface area contributed by atoms with Crippen LogP contribution in [-0.4, -0.2) is 56.9 Å². The first-order chi connectivity index (χ1) is 17.4. The summed E-state index contributed by atoms with van der Waals surface area (Å²) in [5.74, 6) is 0.991. The van der Waals surface area contributed by atoms with E-state index in [0.29, 0.717) is 24.3 Å². The fourth-order valence-electron chi connectivity index (χ4n) is 4.53. The molecule has 0 radical (unpaired) electrons. The van der Waals surface area contributed by atoms with E-state index in [1.165, 1.54) is 6.42 Å². The summed E-state index contributed by atoms with van der Waals surface area (Å²) < 4.78 is 35.2. The first-order valence-corrected chi connectivity index (χ1v) is 14.0. The maximum atomic E-state index is 12.9. The van der Waals surface area contributed by atoms with Crippen molar-refractivity contribution in [2.24, 2.45) is 0 Å². The highest BCUT2D eigenvalue weighted by molar-refractivity contribution is 7.91. The Balaban J connectivity index is 1.44. The van der Waals surface area contributed by atoms with E-state index in [9.17, 15) is 13.2 Å². The molecule has 4 rings (SSSR count). The lowest BCUT2D eigenvalue weighted by molar-refractivity contribution is 0.0915. The van der Waals surface area contributed by atoms with Gasteiger partial charge >= 0.3 is 0 Å². The number of benzene rings is 2. The third-order valence-electron chi connectivity index (χ3n) is 6.50. The van der Waals surface area contributed by atoms with Crippen LogP contribution < -0.4 is 10.1 Å². The molecule has 0 spiro atoms. The van der Waals surface area contributed by atoms with E-state index in [1.54, 1.807) is 37.4 Å². The van der Waals surface area contributed by atoms with Crippen LogP contribution in [0.3, 0.4) is 0 Å². The van der Waals surface area contributed by atoms with Gasteiger partial charge < -0.3 is 14.6 Å². The maximum Gasteiger partial charge on any atom is 0.273 e. The van der Waals surface area contributed by atoms with Gasteiger partial charge in [0.05, 0.1) is 23.8 Å². The highest BCUT2D eigenvalue weighted by Gasteiger charge is 2.24. The fraction of sp³-hybridized carbons (Fsp3) is 0.407. The lowest BCUT2D eigenvalue weighted by Gasteiger charge is -2.35. The molecule has 0 saturated carbocycles. The Labute approximate surface area is 212 Å². The van der Waals surface area contributed by atoms with Gasteiger partial charge in [-0.05, 0) is 74.3 Å². The van der Waals surface area contributed by atoms with Gasteiger partial charge in [0.15, 0.2) is 21.3 Å². The van der Waals surface area contributed by atoms with Gasteiger partial charge in [-0.3, -0.25) is 9.69 Å². The van der Waals surface area contributed by atoms with Crippen molar-refractivity contribution in [3.05, 3.63) is 65.9 Å². The summed E-state index contributed by atoms with van der Waals surface area (Å²) in [5, 5.41) is 6.96. The fourth-order valence-corrected chi connectivity index (χ4v) is 5.85. The highest BCUT2D eigenvalue weighted by Crippen LogP contribution is 2.27. The summed E-state index contributed by atoms with van der Waals surface area (Å²) in [6, 6.07) is 16.0. The van der Waals surface area contributed by atoms with Crippen molar-refractivity contribution in [3.63, 3.8) is 0 Å². The molecule has 1 saturated heterocycles. The van der Waals surface area contributed by atoms with E-state index < -0.39 is 9.84 Å². The molecule has 192 valence electrons. The quantitative estimate of drug-likeness (QED) is 0.428. The zero-order chi connectivity index (χ0) is 25.5. The first-order valence-electron chi connectivity index (χ1n) is 12.4. The van der Waals surface area contributed by atoms with Gasteiger partial charge in [-0.15, -0.1) is 0 Å². The van der Waals surface area contributed by atoms with Gasteiger partial charge in [0.1, 0.15) is 5.75 Å². The molecule has 1 aliphatic rings. The number of rotatable bonds is 10. The number of amides is 1. The summed E-state index contributed by atoms with van der Waals surface area (Å²) >= 11 is 0. The summed E-state index contributed by atoms with van der Waals surface area (Å²) in [7, 11) is -1.65. The average molecular weight is 512 g/mol. The third-order valence-corrected chi connectivity index (χ3v) is 8.44. The summed E-state index contributed by atoms with van der Waals surface area (Å²) in [6.45, 7) is 4.26. The molecule has 2 aromatic carbocycles. The second-order valence-corrected chi connectivity index (χ2v) is 11.1. The number of aromatic nitrogens is 1. The van der Waals surface area contributed by atoms with E-state index in [4.69, 9.17) is 9.26 Å². The Morgan fingerprint density at radius 3 is 2.42 bits per heavy atom. The van der Waals surface area contributed by atoms with Crippen LogP contribution in [0.25, 0.3) is 11.3 Å². The third kappa shape index (κ3) is 6.14. The van der Waals surface area contributed by atoms with Crippen LogP contribution in [0, 0.1) is 0 Å². The number of carbonyl (C=O) groups is 1. The molecule has 0 bridgehead atoms. The highest BCUT2D eigenvalue weighted by atomic mass is 32.2. The molecule has 36 heavy (non-hydrogen) atoms. The van der Waals surface area contributed by atoms with Gasteiger partial charge in [-0.1, -0.05) is 30.6 Å². The largest absolute Gasteiger partial charge is 0.497 e. The predicted octanol–water partition coefficient (Wildman–Crippen LogP) is 4.49. The van der Waals surface area contributed by atoms with Crippen molar-refractivity contribution in [1.29, 1.82) is 0 Å². The molecule has 1 fully saturated rings. The number of hydrogen-bond donors (Lipinski definition) is 1. The van der Waals surface area contributed by atoms with Gasteiger partial charge in [0.2, 0.25) is 0 Å². The van der Waals surface area contributed by atoms with Crippen LogP contribution in [0.4, 0.5) is 0 Å². The molecule has 1 N–H and O–H groups in total. The lowest BCUT2D eigenvalue weighted by Crippen LogP contribution is -2.40. The Hall–Kier alpha value is -3.17. The number of piperidine rings is 1. The van der Waals surface area contributed by atoms with Crippen LogP contribution in [0.15, 0.2) is 64.0 Å². The van der Waals surface area contributed by atoms with Crippen LogP contribution in [0.2, 0.25) is 0 Å². The molecule has 1 aromatic heterocycles. The Morgan fingerprint density at radius 1 is 1.08 bits per heavy atom. The normalized spacial score (nSPS) is 15.4. The molecule has 2 heterocycles. The summed E-state index contributed by atoms with van der Waals surface area (Å²) in [6.07, 6.45) is 4.07. The number of methoxy groups -OCH3 is 1. The summed E-state index contributed by atoms with van der Waals surface area (Å²) in [4.78, 5) is 15.6. The van der Waals surface area contributed by atoms with E-state index in [2.05, 4.69) is 15.4 Å². The number of ether oxygens (including phenoxy) is 1. The molecule has 1 unspecified atom stereocenters. The van der Waals surface area contributed by atoms with Crippen molar-refractivity contribution < 1.29 is 22.5 Å². The lowest BCUT2D eigenvalue weighted by atomic mass is 10.0. The number of nitrogens with one attached hydrogen (secondary N) is 1. The predicted molar refractivity (Wildman–Crippen MR) is 138 cm³/mol. The minimum atomic E-state index is -3.29. The summed E-state index contributed by atoms with van der Waals surface area (Å²) in [5.41, 5.74) is 1.96. The van der Waals surface area contributed by atoms with Gasteiger partial charge in [0.25, 0.3) is 5.91 Å². The molecule has 0 aliphatic carbocycles. The molecule has 3 aromatic rings. The molecule has 1 amide bonds. The number of hydrogen-bond acceptors (Lipinski definition) is 7. The Kier molecular flexibility index (Phi) is 8.43. The van der Waals surface area contributed by atoms with Crippen molar-refractivity contribution in [1.82, 2.24) is 15.4 Å². The topological polar surface area (TPSA) is 102 Å². The second-order valence-electron chi connectivity index (χ2n) is 9.02. The molecular formula is C27H33N3O5S. The van der Waals surface area contributed by atoms with Crippen LogP contribution >= 0.6 is 0 Å². The molecule has 1 atom stereocenters. The van der Waals surface area contributed by atoms with Crippen molar-refractivity contribution in [2.75, 3.05) is 32.5 Å². The number of nitrogens with zero attached hydrogens (tertiary/aromatic N) is 2. The van der Waals surface area contributed by atoms with E-state index >= 15 is 0 Å². The van der Waals surface area contributed by atoms with E-state index in [0.717, 1.165) is 37.2 Å². The van der Waals surface area contributed by atoms with Gasteiger partial charge in [-0.25, -0.2) is 8.42 Å². The van der Waals surface area contributed by atoms with Gasteiger partial charge in [0, 0.05) is 18.2 Å². The van der Waals surface area contributed by atoms with E-state index in [-0.39, 0.29) is 28.3 Å². The zero-order valence-corrected chi connectivity index (χ0v) is 21.6. The van der Waals surface area contributed by atoms with E-state index in [1.807, 2.05) is 31.2 Å². The molecule has 1 aliphatic heterocycles. The van der Waals surface area contributed by atoms with Crippen molar-refractivity contribution in [2.45, 2.75) is 43.5 Å². The number of likely N-dealkylation sites (tertiary alicyclic amines) is 1. The monoisotopic (exact) mass is 511 g/mol. The SMILES string of the molecule is CCCS(=O)(=O)c1ccc(-c2cc(C(=O)NCC(c3ccc(OC)cc3)N3CCCCC3)no2)cc1.